The number of hydrogen-bond acceptors (Lipinski definition) is 4. The molecule has 0 aliphatic carbocycles. The minimum atomic E-state index is -0.369. The van der Waals surface area contributed by atoms with Gasteiger partial charge in [0.15, 0.2) is 5.82 Å². The maximum Gasteiger partial charge on any atom is 0.175 e. The average molecular weight is 1110 g/mol. The number of benzene rings is 9. The van der Waals surface area contributed by atoms with Crippen LogP contribution in [0.4, 0.5) is 4.39 Å². The third kappa shape index (κ3) is 7.40. The summed E-state index contributed by atoms with van der Waals surface area (Å²) in [6.45, 7) is 4.55. The van der Waals surface area contributed by atoms with Gasteiger partial charge in [-0.2, -0.15) is 0 Å². The molecule has 0 saturated heterocycles. The van der Waals surface area contributed by atoms with Gasteiger partial charge in [-0.05, 0) is 172 Å². The van der Waals surface area contributed by atoms with Gasteiger partial charge in [-0.1, -0.05) is 111 Å². The van der Waals surface area contributed by atoms with Crippen LogP contribution in [0.3, 0.4) is 0 Å². The number of rotatable bonds is 9. The zero-order valence-corrected chi connectivity index (χ0v) is 46.9. The Kier molecular flexibility index (Phi) is 11.1. The highest BCUT2D eigenvalue weighted by Crippen LogP contribution is 2.51. The van der Waals surface area contributed by atoms with Crippen LogP contribution >= 0.6 is 0 Å². The number of para-hydroxylation sites is 4. The van der Waals surface area contributed by atoms with Crippen LogP contribution in [-0.4, -0.2) is 38.2 Å². The van der Waals surface area contributed by atoms with Gasteiger partial charge in [0.25, 0.3) is 0 Å². The molecule has 17 rings (SSSR count). The van der Waals surface area contributed by atoms with E-state index in [1.807, 2.05) is 49.6 Å². The lowest BCUT2D eigenvalue weighted by Crippen LogP contribution is -2.18. The van der Waals surface area contributed by atoms with E-state index in [-0.39, 0.29) is 11.7 Å². The molecule has 0 aliphatic heterocycles. The van der Waals surface area contributed by atoms with E-state index in [4.69, 9.17) is 0 Å². The van der Waals surface area contributed by atoms with Crippen molar-refractivity contribution in [3.05, 3.63) is 279 Å². The van der Waals surface area contributed by atoms with E-state index in [1.165, 1.54) is 0 Å². The fourth-order valence-electron chi connectivity index (χ4n) is 13.8. The molecule has 9 heteroatoms. The molecule has 0 bridgehead atoms. The molecule has 17 aromatic rings. The predicted molar refractivity (Wildman–Crippen MR) is 351 cm³/mol. The highest BCUT2D eigenvalue weighted by atomic mass is 19.1. The zero-order chi connectivity index (χ0) is 57.1. The number of pyridine rings is 4. The highest BCUT2D eigenvalue weighted by Gasteiger charge is 2.36. The van der Waals surface area contributed by atoms with Crippen LogP contribution in [0, 0.1) is 5.82 Å². The second kappa shape index (κ2) is 19.4. The summed E-state index contributed by atoms with van der Waals surface area (Å²) in [6.07, 6.45) is 14.7. The van der Waals surface area contributed by atoms with Crippen molar-refractivity contribution in [2.75, 3.05) is 0 Å². The van der Waals surface area contributed by atoms with E-state index in [9.17, 15) is 0 Å². The third-order valence-electron chi connectivity index (χ3n) is 17.6. The van der Waals surface area contributed by atoms with Gasteiger partial charge in [-0.3, -0.25) is 19.9 Å². The van der Waals surface area contributed by atoms with E-state index in [2.05, 4.69) is 270 Å². The van der Waals surface area contributed by atoms with Crippen LogP contribution in [0.25, 0.3) is 154 Å². The summed E-state index contributed by atoms with van der Waals surface area (Å²) in [5.74, 6) is -0.593. The van der Waals surface area contributed by atoms with Crippen molar-refractivity contribution >= 4 is 87.2 Å². The first-order valence-electron chi connectivity index (χ1n) is 29.1. The van der Waals surface area contributed by atoms with Gasteiger partial charge in [-0.25, -0.2) is 4.39 Å². The van der Waals surface area contributed by atoms with Crippen molar-refractivity contribution in [1.29, 1.82) is 0 Å². The molecule has 8 heterocycles. The highest BCUT2D eigenvalue weighted by molar-refractivity contribution is 6.16. The molecule has 9 aromatic carbocycles. The molecule has 0 unspecified atom stereocenters. The minimum Gasteiger partial charge on any atom is -0.307 e. The van der Waals surface area contributed by atoms with Crippen LogP contribution in [0.2, 0.25) is 0 Å². The Bertz CT molecular complexity index is 4920. The Morgan fingerprint density at radius 3 is 0.744 bits per heavy atom. The van der Waals surface area contributed by atoms with Crippen molar-refractivity contribution in [2.45, 2.75) is 19.8 Å². The second-order valence-electron chi connectivity index (χ2n) is 22.6. The van der Waals surface area contributed by atoms with Gasteiger partial charge < -0.3 is 18.3 Å². The Labute approximate surface area is 493 Å². The summed E-state index contributed by atoms with van der Waals surface area (Å²) in [5.41, 5.74) is 19.1. The van der Waals surface area contributed by atoms with E-state index in [0.717, 1.165) is 149 Å². The topological polar surface area (TPSA) is 71.3 Å². The first-order valence-corrected chi connectivity index (χ1v) is 29.1. The summed E-state index contributed by atoms with van der Waals surface area (Å²) >= 11 is 0. The molecule has 0 spiro atoms. The summed E-state index contributed by atoms with van der Waals surface area (Å²) in [7, 11) is 0. The van der Waals surface area contributed by atoms with Crippen molar-refractivity contribution in [2.24, 2.45) is 0 Å². The molecular formula is C77H51FN8. The summed E-state index contributed by atoms with van der Waals surface area (Å²) < 4.78 is 30.5. The lowest BCUT2D eigenvalue weighted by Gasteiger charge is -2.30. The maximum atomic E-state index is 21.3. The SMILES string of the molecule is CC(C)c1c(-n2c3ccc(-c4ccncc4)cc3c3cc(-c4ccncc4)ccc32)c(-n2c3ccccc3c3ccccc32)c(F)c(-n2c3ccccc3c3ccccc32)c1-n1c2ccc(-c3ccncc3)cc2c2cc(-c3ccncc3)ccc21. The van der Waals surface area contributed by atoms with Gasteiger partial charge >= 0.3 is 0 Å². The van der Waals surface area contributed by atoms with Gasteiger partial charge in [0.1, 0.15) is 11.4 Å². The fourth-order valence-corrected chi connectivity index (χ4v) is 13.8. The molecule has 0 fully saturated rings. The monoisotopic (exact) mass is 1110 g/mol. The van der Waals surface area contributed by atoms with Crippen molar-refractivity contribution < 1.29 is 4.39 Å². The van der Waals surface area contributed by atoms with Crippen LogP contribution in [0.15, 0.2) is 268 Å². The molecule has 8 nitrogen and oxygen atoms in total. The summed E-state index contributed by atoms with van der Waals surface area (Å²) in [6, 6.07) is 77.2. The average Bonchev–Trinajstić information content (AvgIpc) is 1.50. The van der Waals surface area contributed by atoms with E-state index < -0.39 is 0 Å². The molecule has 0 radical (unpaired) electrons. The number of aromatic nitrogens is 8. The molecule has 0 atom stereocenters. The molecular weight excluding hydrogens is 1060 g/mol. The largest absolute Gasteiger partial charge is 0.307 e. The standard InChI is InChI=1S/C77H51FN8/c1-47(2)72-74(83-68-23-19-52(48-27-35-79-36-28-48)43-60(68)61-44-53(20-24-69(61)83)49-29-37-80-38-30-49)76(85-64-15-7-3-11-56(64)57-12-4-8-16-65(57)85)73(78)77(86-66-17-9-5-13-58(66)59-14-6-10-18-67(59)86)75(72)84-70-25-21-54(50-31-39-81-40-32-50)45-62(70)63-46-55(22-26-71(63)84)51-33-41-82-42-34-51/h3-47H,1-2H3. The minimum absolute atomic E-state index is 0.223. The second-order valence-corrected chi connectivity index (χ2v) is 22.6. The van der Waals surface area contributed by atoms with E-state index in [0.29, 0.717) is 11.4 Å². The quantitative estimate of drug-likeness (QED) is 0.144. The van der Waals surface area contributed by atoms with Crippen LogP contribution in [0.1, 0.15) is 25.3 Å². The van der Waals surface area contributed by atoms with Gasteiger partial charge in [0.2, 0.25) is 0 Å². The van der Waals surface area contributed by atoms with E-state index in [1.54, 1.807) is 0 Å². The van der Waals surface area contributed by atoms with Crippen molar-refractivity contribution in [1.82, 2.24) is 38.2 Å². The first kappa shape index (κ1) is 49.3. The van der Waals surface area contributed by atoms with E-state index >= 15 is 4.39 Å². The normalized spacial score (nSPS) is 12.0. The number of halogens is 1. The Morgan fingerprint density at radius 1 is 0.256 bits per heavy atom. The summed E-state index contributed by atoms with van der Waals surface area (Å²) in [5, 5.41) is 8.26. The van der Waals surface area contributed by atoms with Gasteiger partial charge in [-0.15, -0.1) is 0 Å². The van der Waals surface area contributed by atoms with Crippen LogP contribution in [0.5, 0.6) is 0 Å². The third-order valence-corrected chi connectivity index (χ3v) is 17.6. The Hall–Kier alpha value is -11.3. The number of nitrogens with zero attached hydrogens (tertiary/aromatic N) is 8. The molecule has 0 saturated carbocycles. The van der Waals surface area contributed by atoms with Gasteiger partial charge in [0.05, 0.1) is 55.5 Å². The van der Waals surface area contributed by atoms with Gasteiger partial charge in [0, 0.05) is 98.2 Å². The molecule has 86 heavy (non-hydrogen) atoms. The zero-order valence-electron chi connectivity index (χ0n) is 46.9. The molecule has 0 N–H and O–H groups in total. The smallest absolute Gasteiger partial charge is 0.175 e. The number of fused-ring (bicyclic) bond motifs is 12. The van der Waals surface area contributed by atoms with Crippen molar-refractivity contribution in [3.8, 4) is 67.3 Å². The maximum absolute atomic E-state index is 21.3. The summed E-state index contributed by atoms with van der Waals surface area (Å²) in [4.78, 5) is 17.6. The lowest BCUT2D eigenvalue weighted by molar-refractivity contribution is 0.609. The molecule has 0 aliphatic rings. The Morgan fingerprint density at radius 2 is 0.488 bits per heavy atom. The Balaban J connectivity index is 1.12. The molecule has 8 aromatic heterocycles. The lowest BCUT2D eigenvalue weighted by atomic mass is 9.94. The fraction of sp³-hybridized carbons (Fsp3) is 0.0390. The predicted octanol–water partition coefficient (Wildman–Crippen LogP) is 19.6. The number of hydrogen-bond donors (Lipinski definition) is 0. The molecule has 0 amide bonds. The first-order chi connectivity index (χ1) is 42.5. The van der Waals surface area contributed by atoms with Crippen LogP contribution in [-0.2, 0) is 0 Å². The molecule has 406 valence electrons. The van der Waals surface area contributed by atoms with Crippen molar-refractivity contribution in [3.63, 3.8) is 0 Å². The van der Waals surface area contributed by atoms with Crippen LogP contribution < -0.4 is 0 Å².